The maximum absolute atomic E-state index is 5.64. The highest BCUT2D eigenvalue weighted by Gasteiger charge is 2.10. The molecular weight excluding hydrogens is 176 g/mol. The molecule has 2 heteroatoms. The van der Waals surface area contributed by atoms with Crippen molar-refractivity contribution in [3.05, 3.63) is 11.8 Å². The Morgan fingerprint density at radius 2 is 2.21 bits per heavy atom. The van der Waals surface area contributed by atoms with Gasteiger partial charge in [0.1, 0.15) is 0 Å². The standard InChI is InChI=1S/C12H22O2/c1-12(2,3)14-10-6-8-11-7-4-5-9-13-11/h7H,4-6,8-10H2,1-3H3. The normalized spacial score (nSPS) is 17.5. The van der Waals surface area contributed by atoms with Crippen LogP contribution in [0.2, 0.25) is 0 Å². The van der Waals surface area contributed by atoms with Gasteiger partial charge >= 0.3 is 0 Å². The fraction of sp³-hybridized carbons (Fsp3) is 0.833. The molecule has 0 bridgehead atoms. The zero-order chi connectivity index (χ0) is 10.4. The molecule has 0 aromatic heterocycles. The number of rotatable bonds is 4. The van der Waals surface area contributed by atoms with E-state index in [2.05, 4.69) is 26.8 Å². The van der Waals surface area contributed by atoms with Crippen LogP contribution in [-0.4, -0.2) is 18.8 Å². The summed E-state index contributed by atoms with van der Waals surface area (Å²) < 4.78 is 11.2. The fourth-order valence-corrected chi connectivity index (χ4v) is 1.41. The quantitative estimate of drug-likeness (QED) is 0.645. The maximum Gasteiger partial charge on any atom is 0.0920 e. The van der Waals surface area contributed by atoms with Gasteiger partial charge in [0.05, 0.1) is 18.0 Å². The molecule has 82 valence electrons. The van der Waals surface area contributed by atoms with Gasteiger partial charge in [-0.15, -0.1) is 0 Å². The number of ether oxygens (including phenoxy) is 2. The van der Waals surface area contributed by atoms with Gasteiger partial charge in [0, 0.05) is 13.0 Å². The first-order valence-corrected chi connectivity index (χ1v) is 5.54. The van der Waals surface area contributed by atoms with E-state index in [0.717, 1.165) is 31.8 Å². The average molecular weight is 198 g/mol. The Hall–Kier alpha value is -0.500. The minimum absolute atomic E-state index is 0.0121. The molecule has 1 heterocycles. The van der Waals surface area contributed by atoms with Gasteiger partial charge in [-0.3, -0.25) is 0 Å². The Morgan fingerprint density at radius 1 is 1.43 bits per heavy atom. The smallest absolute Gasteiger partial charge is 0.0920 e. The molecule has 0 saturated carbocycles. The highest BCUT2D eigenvalue weighted by atomic mass is 16.5. The van der Waals surface area contributed by atoms with Crippen molar-refractivity contribution in [1.82, 2.24) is 0 Å². The molecule has 0 unspecified atom stereocenters. The molecule has 0 N–H and O–H groups in total. The molecule has 14 heavy (non-hydrogen) atoms. The third-order valence-electron chi connectivity index (χ3n) is 2.11. The predicted octanol–water partition coefficient (Wildman–Crippen LogP) is 3.28. The van der Waals surface area contributed by atoms with Gasteiger partial charge in [0.2, 0.25) is 0 Å². The Kier molecular flexibility index (Phi) is 4.46. The van der Waals surface area contributed by atoms with E-state index >= 15 is 0 Å². The summed E-state index contributed by atoms with van der Waals surface area (Å²) in [7, 11) is 0. The minimum atomic E-state index is -0.0121. The SMILES string of the molecule is CC(C)(C)OCCCC1=CCCCO1. The molecule has 0 aromatic rings. The Bertz CT molecular complexity index is 189. The van der Waals surface area contributed by atoms with Crippen LogP contribution < -0.4 is 0 Å². The van der Waals surface area contributed by atoms with Crippen LogP contribution in [0.3, 0.4) is 0 Å². The second kappa shape index (κ2) is 5.40. The van der Waals surface area contributed by atoms with E-state index < -0.39 is 0 Å². The summed E-state index contributed by atoms with van der Waals surface area (Å²) in [6, 6.07) is 0. The lowest BCUT2D eigenvalue weighted by Crippen LogP contribution is -2.19. The second-order valence-corrected chi connectivity index (χ2v) is 4.73. The van der Waals surface area contributed by atoms with Crippen LogP contribution in [0.5, 0.6) is 0 Å². The molecule has 1 rings (SSSR count). The van der Waals surface area contributed by atoms with Crippen molar-refractivity contribution in [3.63, 3.8) is 0 Å². The zero-order valence-corrected chi connectivity index (χ0v) is 9.64. The van der Waals surface area contributed by atoms with Gasteiger partial charge in [0.15, 0.2) is 0 Å². The molecule has 0 spiro atoms. The van der Waals surface area contributed by atoms with Crippen LogP contribution in [0.25, 0.3) is 0 Å². The Labute approximate surface area is 87.3 Å². The van der Waals surface area contributed by atoms with Gasteiger partial charge in [-0.05, 0) is 46.1 Å². The van der Waals surface area contributed by atoms with Crippen LogP contribution in [0.1, 0.15) is 46.5 Å². The molecule has 2 nitrogen and oxygen atoms in total. The van der Waals surface area contributed by atoms with Crippen LogP contribution in [0.15, 0.2) is 11.8 Å². The van der Waals surface area contributed by atoms with E-state index in [1.165, 1.54) is 12.8 Å². The Balaban J connectivity index is 2.06. The van der Waals surface area contributed by atoms with Gasteiger partial charge in [-0.1, -0.05) is 0 Å². The monoisotopic (exact) mass is 198 g/mol. The van der Waals surface area contributed by atoms with Gasteiger partial charge in [0.25, 0.3) is 0 Å². The predicted molar refractivity (Wildman–Crippen MR) is 58.2 cm³/mol. The largest absolute Gasteiger partial charge is 0.498 e. The van der Waals surface area contributed by atoms with E-state index in [1.807, 2.05) is 0 Å². The summed E-state index contributed by atoms with van der Waals surface area (Å²) in [5, 5.41) is 0. The van der Waals surface area contributed by atoms with Crippen LogP contribution >= 0.6 is 0 Å². The van der Waals surface area contributed by atoms with Crippen molar-refractivity contribution in [1.29, 1.82) is 0 Å². The molecule has 1 aliphatic rings. The first-order valence-electron chi connectivity index (χ1n) is 5.54. The summed E-state index contributed by atoms with van der Waals surface area (Å²) in [5.41, 5.74) is -0.0121. The summed E-state index contributed by atoms with van der Waals surface area (Å²) in [4.78, 5) is 0. The topological polar surface area (TPSA) is 18.5 Å². The average Bonchev–Trinajstić information content (AvgIpc) is 2.13. The molecule has 0 aromatic carbocycles. The van der Waals surface area contributed by atoms with Crippen molar-refractivity contribution in [3.8, 4) is 0 Å². The molecule has 0 amide bonds. The van der Waals surface area contributed by atoms with Crippen LogP contribution in [0.4, 0.5) is 0 Å². The zero-order valence-electron chi connectivity index (χ0n) is 9.64. The third kappa shape index (κ3) is 5.28. The number of hydrogen-bond acceptors (Lipinski definition) is 2. The molecule has 0 fully saturated rings. The van der Waals surface area contributed by atoms with E-state index in [4.69, 9.17) is 9.47 Å². The van der Waals surface area contributed by atoms with Gasteiger partial charge < -0.3 is 9.47 Å². The van der Waals surface area contributed by atoms with Crippen LogP contribution in [-0.2, 0) is 9.47 Å². The van der Waals surface area contributed by atoms with Crippen molar-refractivity contribution in [2.45, 2.75) is 52.1 Å². The molecule has 0 radical (unpaired) electrons. The molecular formula is C12H22O2. The first-order chi connectivity index (χ1) is 6.58. The van der Waals surface area contributed by atoms with Crippen molar-refractivity contribution in [2.24, 2.45) is 0 Å². The van der Waals surface area contributed by atoms with E-state index in [9.17, 15) is 0 Å². The summed E-state index contributed by atoms with van der Waals surface area (Å²) in [5.74, 6) is 1.16. The molecule has 0 aliphatic carbocycles. The molecule has 1 aliphatic heterocycles. The van der Waals surface area contributed by atoms with E-state index in [1.54, 1.807) is 0 Å². The van der Waals surface area contributed by atoms with Crippen molar-refractivity contribution in [2.75, 3.05) is 13.2 Å². The number of hydrogen-bond donors (Lipinski definition) is 0. The minimum Gasteiger partial charge on any atom is -0.498 e. The summed E-state index contributed by atoms with van der Waals surface area (Å²) >= 11 is 0. The lowest BCUT2D eigenvalue weighted by atomic mass is 10.1. The van der Waals surface area contributed by atoms with Crippen molar-refractivity contribution >= 4 is 0 Å². The molecule has 0 atom stereocenters. The fourth-order valence-electron chi connectivity index (χ4n) is 1.41. The van der Waals surface area contributed by atoms with Gasteiger partial charge in [-0.25, -0.2) is 0 Å². The lowest BCUT2D eigenvalue weighted by Gasteiger charge is -2.20. The maximum atomic E-state index is 5.64. The number of allylic oxidation sites excluding steroid dienone is 2. The van der Waals surface area contributed by atoms with Crippen molar-refractivity contribution < 1.29 is 9.47 Å². The first kappa shape index (κ1) is 11.6. The Morgan fingerprint density at radius 3 is 2.79 bits per heavy atom. The molecule has 0 saturated heterocycles. The van der Waals surface area contributed by atoms with E-state index in [0.29, 0.717) is 0 Å². The highest BCUT2D eigenvalue weighted by Crippen LogP contribution is 2.16. The van der Waals surface area contributed by atoms with Crippen LogP contribution in [0, 0.1) is 0 Å². The lowest BCUT2D eigenvalue weighted by molar-refractivity contribution is -0.00527. The van der Waals surface area contributed by atoms with Gasteiger partial charge in [-0.2, -0.15) is 0 Å². The third-order valence-corrected chi connectivity index (χ3v) is 2.11. The second-order valence-electron chi connectivity index (χ2n) is 4.73. The summed E-state index contributed by atoms with van der Waals surface area (Å²) in [6.45, 7) is 7.98. The summed E-state index contributed by atoms with van der Waals surface area (Å²) in [6.07, 6.45) is 6.64. The highest BCUT2D eigenvalue weighted by molar-refractivity contribution is 4.95. The van der Waals surface area contributed by atoms with E-state index in [-0.39, 0.29) is 5.60 Å².